The van der Waals surface area contributed by atoms with Crippen molar-refractivity contribution in [2.45, 2.75) is 25.0 Å². The van der Waals surface area contributed by atoms with Gasteiger partial charge in [0.2, 0.25) is 17.7 Å². The number of hydrogen-bond acceptors (Lipinski definition) is 12. The molecule has 3 aliphatic rings. The van der Waals surface area contributed by atoms with E-state index < -0.39 is 0 Å². The van der Waals surface area contributed by atoms with Crippen LogP contribution in [-0.4, -0.2) is 196 Å². The van der Waals surface area contributed by atoms with Gasteiger partial charge in [-0.05, 0) is 42.2 Å². The summed E-state index contributed by atoms with van der Waals surface area (Å²) < 4.78 is 20.9. The highest BCUT2D eigenvalue weighted by molar-refractivity contribution is 5.87. The molecule has 3 N–H and O–H groups in total. The first kappa shape index (κ1) is 38.8. The topological polar surface area (TPSA) is 154 Å². The zero-order valence-electron chi connectivity index (χ0n) is 27.2. The van der Waals surface area contributed by atoms with Crippen molar-refractivity contribution < 1.29 is 38.1 Å². The highest BCUT2D eigenvalue weighted by Crippen LogP contribution is 2.04. The average molecular weight is 618 g/mol. The zero-order valence-corrected chi connectivity index (χ0v) is 27.2. The number of methoxy groups -OCH3 is 1. The SMILES string of the molecule is CNC1COCCN(CC(C)=O)C1=O.CNC1COCCN(CCN(C)C)C1=O.CNC1COCCN(CCOC)C1=O. The fraction of sp³-hybridized carbons (Fsp3) is 0.857. The standard InChI is InChI=1S/C10H21N3O2.C9H18N2O3.C9H16N2O3/c1-11-9-8-15-7-6-13(10(9)14)5-4-12(2)3;1-10-8-7-14-6-4-11(9(8)12)3-5-13-2;1-7(12)5-11-3-4-14-6-8(10-2)9(11)13/h9,11H,4-8H2,1-3H3;8,10H,3-7H2,1-2H3;8,10H,3-6H2,1-2H3. The summed E-state index contributed by atoms with van der Waals surface area (Å²) in [5.74, 6) is 0.189. The van der Waals surface area contributed by atoms with Crippen LogP contribution >= 0.6 is 0 Å². The molecule has 3 atom stereocenters. The first-order valence-corrected chi connectivity index (χ1v) is 14.8. The summed E-state index contributed by atoms with van der Waals surface area (Å²) in [6.45, 7) is 9.43. The molecule has 3 rings (SSSR count). The normalized spacial score (nSPS) is 23.5. The van der Waals surface area contributed by atoms with Crippen molar-refractivity contribution in [1.29, 1.82) is 0 Å². The number of carbonyl (C=O) groups excluding carboxylic acids is 4. The van der Waals surface area contributed by atoms with E-state index in [0.29, 0.717) is 72.4 Å². The second-order valence-corrected chi connectivity index (χ2v) is 10.7. The molecule has 0 spiro atoms. The van der Waals surface area contributed by atoms with Gasteiger partial charge < -0.3 is 54.5 Å². The smallest absolute Gasteiger partial charge is 0.242 e. The maximum atomic E-state index is 12.0. The summed E-state index contributed by atoms with van der Waals surface area (Å²) in [5.41, 5.74) is 0. The Hall–Kier alpha value is -2.24. The van der Waals surface area contributed by atoms with Crippen molar-refractivity contribution in [3.63, 3.8) is 0 Å². The third-order valence-electron chi connectivity index (χ3n) is 7.04. The van der Waals surface area contributed by atoms with Gasteiger partial charge in [-0.1, -0.05) is 0 Å². The molecular formula is C28H55N7O8. The summed E-state index contributed by atoms with van der Waals surface area (Å²) in [4.78, 5) is 53.7. The number of amides is 3. The molecule has 0 saturated carbocycles. The molecule has 0 aliphatic carbocycles. The lowest BCUT2D eigenvalue weighted by Gasteiger charge is -2.24. The van der Waals surface area contributed by atoms with Crippen LogP contribution in [-0.2, 0) is 38.1 Å². The molecule has 0 radical (unpaired) electrons. The Morgan fingerprint density at radius 1 is 0.767 bits per heavy atom. The Balaban J connectivity index is 0.000000323. The number of nitrogens with one attached hydrogen (secondary N) is 3. The van der Waals surface area contributed by atoms with Gasteiger partial charge in [-0.15, -0.1) is 0 Å². The minimum Gasteiger partial charge on any atom is -0.383 e. The van der Waals surface area contributed by atoms with E-state index in [1.165, 1.54) is 11.8 Å². The van der Waals surface area contributed by atoms with Gasteiger partial charge in [0.1, 0.15) is 23.9 Å². The van der Waals surface area contributed by atoms with Gasteiger partial charge in [-0.2, -0.15) is 0 Å². The van der Waals surface area contributed by atoms with Gasteiger partial charge in [-0.25, -0.2) is 0 Å². The van der Waals surface area contributed by atoms with Crippen LogP contribution in [0.3, 0.4) is 0 Å². The van der Waals surface area contributed by atoms with Crippen molar-refractivity contribution in [1.82, 2.24) is 35.6 Å². The predicted octanol–water partition coefficient (Wildman–Crippen LogP) is -2.90. The average Bonchev–Trinajstić information content (AvgIpc) is 3.36. The summed E-state index contributed by atoms with van der Waals surface area (Å²) >= 11 is 0. The fourth-order valence-corrected chi connectivity index (χ4v) is 4.35. The van der Waals surface area contributed by atoms with Gasteiger partial charge in [0, 0.05) is 46.4 Å². The molecule has 15 nitrogen and oxygen atoms in total. The Kier molecular flexibility index (Phi) is 20.1. The van der Waals surface area contributed by atoms with Crippen molar-refractivity contribution in [2.24, 2.45) is 0 Å². The number of rotatable bonds is 11. The van der Waals surface area contributed by atoms with Crippen molar-refractivity contribution >= 4 is 23.5 Å². The van der Waals surface area contributed by atoms with Crippen LogP contribution < -0.4 is 16.0 Å². The van der Waals surface area contributed by atoms with Crippen LogP contribution in [0.25, 0.3) is 0 Å². The minimum absolute atomic E-state index is 0.00453. The van der Waals surface area contributed by atoms with Crippen LogP contribution in [0.1, 0.15) is 6.92 Å². The minimum atomic E-state index is -0.322. The summed E-state index contributed by atoms with van der Waals surface area (Å²) in [5, 5.41) is 8.79. The predicted molar refractivity (Wildman–Crippen MR) is 162 cm³/mol. The molecule has 3 unspecified atom stereocenters. The van der Waals surface area contributed by atoms with Crippen LogP contribution in [0.4, 0.5) is 0 Å². The number of Topliss-reactive ketones (excluding diaryl/α,β-unsaturated/α-hetero) is 1. The van der Waals surface area contributed by atoms with Crippen LogP contribution in [0.15, 0.2) is 0 Å². The molecule has 3 fully saturated rings. The lowest BCUT2D eigenvalue weighted by atomic mass is 10.2. The molecule has 3 heterocycles. The molecule has 15 heteroatoms. The van der Waals surface area contributed by atoms with E-state index in [4.69, 9.17) is 18.9 Å². The number of carbonyl (C=O) groups is 4. The Morgan fingerprint density at radius 2 is 1.16 bits per heavy atom. The third-order valence-corrected chi connectivity index (χ3v) is 7.04. The number of ketones is 1. The summed E-state index contributed by atoms with van der Waals surface area (Å²) in [7, 11) is 10.9. The second-order valence-electron chi connectivity index (χ2n) is 10.7. The second kappa shape index (κ2) is 22.3. The molecule has 0 aromatic heterocycles. The maximum Gasteiger partial charge on any atom is 0.242 e. The van der Waals surface area contributed by atoms with Crippen LogP contribution in [0.2, 0.25) is 0 Å². The molecule has 250 valence electrons. The van der Waals surface area contributed by atoms with Crippen molar-refractivity contribution in [3.05, 3.63) is 0 Å². The van der Waals surface area contributed by atoms with Crippen LogP contribution in [0.5, 0.6) is 0 Å². The monoisotopic (exact) mass is 617 g/mol. The van der Waals surface area contributed by atoms with Gasteiger partial charge in [-0.3, -0.25) is 19.2 Å². The van der Waals surface area contributed by atoms with Crippen molar-refractivity contribution in [2.75, 3.05) is 134 Å². The molecule has 3 aliphatic heterocycles. The molecule has 0 bridgehead atoms. The first-order chi connectivity index (χ1) is 20.6. The Bertz CT molecular complexity index is 835. The van der Waals surface area contributed by atoms with E-state index in [2.05, 4.69) is 20.9 Å². The molecular weight excluding hydrogens is 562 g/mol. The Morgan fingerprint density at radius 3 is 1.53 bits per heavy atom. The maximum absolute atomic E-state index is 12.0. The molecule has 43 heavy (non-hydrogen) atoms. The molecule has 3 saturated heterocycles. The largest absolute Gasteiger partial charge is 0.383 e. The first-order valence-electron chi connectivity index (χ1n) is 14.8. The quantitative estimate of drug-likeness (QED) is 0.218. The van der Waals surface area contributed by atoms with E-state index in [0.717, 1.165) is 13.1 Å². The van der Waals surface area contributed by atoms with Crippen molar-refractivity contribution in [3.8, 4) is 0 Å². The number of hydrogen-bond donors (Lipinski definition) is 3. The number of likely N-dealkylation sites (N-methyl/N-ethyl adjacent to an activating group) is 4. The number of ether oxygens (including phenoxy) is 4. The van der Waals surface area contributed by atoms with E-state index in [1.54, 1.807) is 33.2 Å². The van der Waals surface area contributed by atoms with Crippen LogP contribution in [0, 0.1) is 0 Å². The third kappa shape index (κ3) is 14.9. The molecule has 0 aromatic rings. The van der Waals surface area contributed by atoms with Gasteiger partial charge in [0.05, 0.1) is 52.8 Å². The van der Waals surface area contributed by atoms with Gasteiger partial charge >= 0.3 is 0 Å². The lowest BCUT2D eigenvalue weighted by molar-refractivity contribution is -0.135. The zero-order chi connectivity index (χ0) is 32.2. The lowest BCUT2D eigenvalue weighted by Crippen LogP contribution is -2.47. The summed E-state index contributed by atoms with van der Waals surface area (Å²) in [6.07, 6.45) is 0. The summed E-state index contributed by atoms with van der Waals surface area (Å²) in [6, 6.07) is -0.721. The highest BCUT2D eigenvalue weighted by Gasteiger charge is 2.28. The van der Waals surface area contributed by atoms with E-state index in [-0.39, 0.29) is 48.2 Å². The van der Waals surface area contributed by atoms with E-state index in [9.17, 15) is 19.2 Å². The van der Waals surface area contributed by atoms with E-state index in [1.807, 2.05) is 19.0 Å². The van der Waals surface area contributed by atoms with Gasteiger partial charge in [0.15, 0.2) is 0 Å². The Labute approximate surface area is 256 Å². The molecule has 3 amide bonds. The fourth-order valence-electron chi connectivity index (χ4n) is 4.35. The van der Waals surface area contributed by atoms with E-state index >= 15 is 0 Å². The highest BCUT2D eigenvalue weighted by atomic mass is 16.5. The number of nitrogens with zero attached hydrogens (tertiary/aromatic N) is 4. The van der Waals surface area contributed by atoms with Gasteiger partial charge in [0.25, 0.3) is 0 Å². The molecule has 0 aromatic carbocycles.